The van der Waals surface area contributed by atoms with E-state index in [1.165, 1.54) is 49.9 Å². The van der Waals surface area contributed by atoms with E-state index < -0.39 is 0 Å². The van der Waals surface area contributed by atoms with E-state index in [9.17, 15) is 0 Å². The van der Waals surface area contributed by atoms with Crippen LogP contribution in [0.25, 0.3) is 0 Å². The highest BCUT2D eigenvalue weighted by atomic mass is 127. The summed E-state index contributed by atoms with van der Waals surface area (Å²) in [5.41, 5.74) is 2.54. The summed E-state index contributed by atoms with van der Waals surface area (Å²) in [6.07, 6.45) is 9.24. The van der Waals surface area contributed by atoms with Gasteiger partial charge in [0.25, 0.3) is 0 Å². The zero-order valence-corrected chi connectivity index (χ0v) is 19.1. The van der Waals surface area contributed by atoms with E-state index in [0.29, 0.717) is 0 Å². The second-order valence-corrected chi connectivity index (χ2v) is 7.08. The number of nitrogens with zero attached hydrogens (tertiary/aromatic N) is 4. The summed E-state index contributed by atoms with van der Waals surface area (Å²) in [6.45, 7) is 6.00. The molecule has 1 saturated heterocycles. The average molecular weight is 496 g/mol. The van der Waals surface area contributed by atoms with Crippen LogP contribution >= 0.6 is 24.0 Å². The molecule has 0 aliphatic carbocycles. The summed E-state index contributed by atoms with van der Waals surface area (Å²) < 4.78 is 1.95. The minimum Gasteiger partial charge on any atom is -0.355 e. The third-order valence-corrected chi connectivity index (χ3v) is 5.10. The van der Waals surface area contributed by atoms with E-state index in [1.807, 2.05) is 30.2 Å². The second kappa shape index (κ2) is 12.8. The van der Waals surface area contributed by atoms with Crippen molar-refractivity contribution in [1.82, 2.24) is 25.3 Å². The molecular weight excluding hydrogens is 463 g/mol. The molecule has 2 N–H and O–H groups in total. The van der Waals surface area contributed by atoms with Crippen molar-refractivity contribution in [3.05, 3.63) is 53.9 Å². The number of aromatic nitrogens is 2. The van der Waals surface area contributed by atoms with Gasteiger partial charge in [0.1, 0.15) is 0 Å². The molecule has 0 spiro atoms. The van der Waals surface area contributed by atoms with Gasteiger partial charge in [0, 0.05) is 39.1 Å². The molecule has 0 saturated carbocycles. The van der Waals surface area contributed by atoms with Gasteiger partial charge >= 0.3 is 0 Å². The van der Waals surface area contributed by atoms with Gasteiger partial charge in [-0.05, 0) is 43.1 Å². The second-order valence-electron chi connectivity index (χ2n) is 7.08. The molecule has 0 radical (unpaired) electrons. The fraction of sp³-hybridized carbons (Fsp3) is 0.524. The van der Waals surface area contributed by atoms with Crippen molar-refractivity contribution in [1.29, 1.82) is 0 Å². The monoisotopic (exact) mass is 496 g/mol. The van der Waals surface area contributed by atoms with Gasteiger partial charge in [-0.3, -0.25) is 9.67 Å². The fourth-order valence-electron chi connectivity index (χ4n) is 3.54. The highest BCUT2D eigenvalue weighted by Gasteiger charge is 2.09. The highest BCUT2D eigenvalue weighted by Crippen LogP contribution is 2.10. The molecule has 2 heterocycles. The van der Waals surface area contributed by atoms with Gasteiger partial charge in [-0.2, -0.15) is 5.10 Å². The summed E-state index contributed by atoms with van der Waals surface area (Å²) in [6, 6.07) is 10.4. The van der Waals surface area contributed by atoms with Crippen molar-refractivity contribution in [2.75, 3.05) is 33.2 Å². The Kier molecular flexibility index (Phi) is 10.3. The maximum absolute atomic E-state index is 4.37. The number of hydrogen-bond acceptors (Lipinski definition) is 3. The lowest BCUT2D eigenvalue weighted by molar-refractivity contribution is 0.289. The molecule has 1 aromatic carbocycles. The Morgan fingerprint density at radius 3 is 2.46 bits per heavy atom. The smallest absolute Gasteiger partial charge is 0.191 e. The Morgan fingerprint density at radius 1 is 1.04 bits per heavy atom. The number of nitrogens with one attached hydrogen (secondary N) is 2. The maximum atomic E-state index is 4.37. The summed E-state index contributed by atoms with van der Waals surface area (Å²) in [4.78, 5) is 6.93. The normalized spacial score (nSPS) is 15.5. The van der Waals surface area contributed by atoms with Crippen LogP contribution in [0.1, 0.15) is 36.8 Å². The standard InChI is InChI=1S/C21H32N6.HI/c1-22-21(23-12-16-26-13-6-2-3-7-14-26)24-17-19-9-4-5-10-20(19)18-27-15-8-11-25-27;/h4-5,8-11,15H,2-3,6-7,12-14,16-18H2,1H3,(H2,22,23,24);1H. The summed E-state index contributed by atoms with van der Waals surface area (Å²) in [5.74, 6) is 0.860. The molecule has 6 nitrogen and oxygen atoms in total. The summed E-state index contributed by atoms with van der Waals surface area (Å²) in [5, 5.41) is 11.2. The molecule has 0 atom stereocenters. The predicted octanol–water partition coefficient (Wildman–Crippen LogP) is 3.09. The fourth-order valence-corrected chi connectivity index (χ4v) is 3.54. The van der Waals surface area contributed by atoms with Crippen molar-refractivity contribution in [3.8, 4) is 0 Å². The first-order valence-corrected chi connectivity index (χ1v) is 10.1. The quantitative estimate of drug-likeness (QED) is 0.352. The van der Waals surface area contributed by atoms with Gasteiger partial charge < -0.3 is 15.5 Å². The van der Waals surface area contributed by atoms with E-state index in [1.54, 1.807) is 0 Å². The molecule has 7 heteroatoms. The number of guanidine groups is 1. The zero-order valence-electron chi connectivity index (χ0n) is 16.8. The molecule has 1 fully saturated rings. The van der Waals surface area contributed by atoms with Crippen molar-refractivity contribution in [2.45, 2.75) is 38.8 Å². The molecule has 0 unspecified atom stereocenters. The topological polar surface area (TPSA) is 57.5 Å². The van der Waals surface area contributed by atoms with Crippen molar-refractivity contribution >= 4 is 29.9 Å². The number of halogens is 1. The Bertz CT molecular complexity index is 693. The Labute approximate surface area is 185 Å². The molecule has 154 valence electrons. The third-order valence-electron chi connectivity index (χ3n) is 5.10. The van der Waals surface area contributed by atoms with Crippen LogP contribution in [0.4, 0.5) is 0 Å². The van der Waals surface area contributed by atoms with Crippen LogP contribution in [0.5, 0.6) is 0 Å². The number of likely N-dealkylation sites (tertiary alicyclic amines) is 1. The molecule has 1 aromatic heterocycles. The lowest BCUT2D eigenvalue weighted by atomic mass is 10.1. The molecule has 0 amide bonds. The average Bonchev–Trinajstić information content (AvgIpc) is 3.07. The van der Waals surface area contributed by atoms with Crippen LogP contribution in [0, 0.1) is 0 Å². The van der Waals surface area contributed by atoms with E-state index in [-0.39, 0.29) is 24.0 Å². The Hall–Kier alpha value is -1.61. The van der Waals surface area contributed by atoms with Crippen LogP contribution in [0.3, 0.4) is 0 Å². The van der Waals surface area contributed by atoms with Gasteiger partial charge in [-0.25, -0.2) is 0 Å². The molecular formula is C21H33IN6. The van der Waals surface area contributed by atoms with Crippen LogP contribution in [-0.2, 0) is 13.1 Å². The number of benzene rings is 1. The van der Waals surface area contributed by atoms with Crippen LogP contribution in [0.2, 0.25) is 0 Å². The third kappa shape index (κ3) is 7.43. The van der Waals surface area contributed by atoms with E-state index >= 15 is 0 Å². The summed E-state index contributed by atoms with van der Waals surface area (Å²) in [7, 11) is 1.83. The van der Waals surface area contributed by atoms with Gasteiger partial charge in [0.05, 0.1) is 6.54 Å². The first-order valence-electron chi connectivity index (χ1n) is 10.1. The van der Waals surface area contributed by atoms with E-state index in [4.69, 9.17) is 0 Å². The lowest BCUT2D eigenvalue weighted by Gasteiger charge is -2.21. The van der Waals surface area contributed by atoms with Gasteiger partial charge in [-0.1, -0.05) is 37.1 Å². The van der Waals surface area contributed by atoms with Gasteiger partial charge in [0.2, 0.25) is 0 Å². The maximum Gasteiger partial charge on any atom is 0.191 e. The summed E-state index contributed by atoms with van der Waals surface area (Å²) >= 11 is 0. The number of hydrogen-bond donors (Lipinski definition) is 2. The number of aliphatic imine (C=N–C) groups is 1. The number of rotatable bonds is 7. The minimum atomic E-state index is 0. The lowest BCUT2D eigenvalue weighted by Crippen LogP contribution is -2.41. The van der Waals surface area contributed by atoms with Crippen molar-refractivity contribution in [3.63, 3.8) is 0 Å². The molecule has 28 heavy (non-hydrogen) atoms. The van der Waals surface area contributed by atoms with Crippen LogP contribution in [-0.4, -0.2) is 53.9 Å². The SMILES string of the molecule is CN=C(NCCN1CCCCCC1)NCc1ccccc1Cn1cccn1.I. The Morgan fingerprint density at radius 2 is 1.79 bits per heavy atom. The van der Waals surface area contributed by atoms with Crippen molar-refractivity contribution < 1.29 is 0 Å². The Balaban J connectivity index is 0.00000280. The molecule has 2 aromatic rings. The van der Waals surface area contributed by atoms with Gasteiger partial charge in [-0.15, -0.1) is 24.0 Å². The van der Waals surface area contributed by atoms with Crippen LogP contribution in [0.15, 0.2) is 47.7 Å². The zero-order chi connectivity index (χ0) is 18.7. The molecule has 1 aliphatic heterocycles. The predicted molar refractivity (Wildman–Crippen MR) is 126 cm³/mol. The van der Waals surface area contributed by atoms with E-state index in [0.717, 1.165) is 32.1 Å². The largest absolute Gasteiger partial charge is 0.355 e. The van der Waals surface area contributed by atoms with Gasteiger partial charge in [0.15, 0.2) is 5.96 Å². The minimum absolute atomic E-state index is 0. The first-order chi connectivity index (χ1) is 13.3. The first kappa shape index (κ1) is 22.7. The molecule has 0 bridgehead atoms. The van der Waals surface area contributed by atoms with Crippen LogP contribution < -0.4 is 10.6 Å². The highest BCUT2D eigenvalue weighted by molar-refractivity contribution is 14.0. The van der Waals surface area contributed by atoms with Crippen molar-refractivity contribution in [2.24, 2.45) is 4.99 Å². The van der Waals surface area contributed by atoms with E-state index in [2.05, 4.69) is 49.9 Å². The molecule has 3 rings (SSSR count). The molecule has 1 aliphatic rings.